The van der Waals surface area contributed by atoms with Gasteiger partial charge in [-0.05, 0) is 25.2 Å². The number of hydrogen-bond donors (Lipinski definition) is 1. The Morgan fingerprint density at radius 3 is 2.00 bits per heavy atom. The summed E-state index contributed by atoms with van der Waals surface area (Å²) < 4.78 is 0. The van der Waals surface area contributed by atoms with E-state index in [1.165, 1.54) is 0 Å². The van der Waals surface area contributed by atoms with Crippen LogP contribution in [0.15, 0.2) is 60.7 Å². The summed E-state index contributed by atoms with van der Waals surface area (Å²) >= 11 is 0. The van der Waals surface area contributed by atoms with E-state index in [0.717, 1.165) is 17.7 Å². The first-order valence-electron chi connectivity index (χ1n) is 7.49. The quantitative estimate of drug-likeness (QED) is 0.879. The molecule has 0 aliphatic heterocycles. The lowest BCUT2D eigenvalue weighted by molar-refractivity contribution is -0.0254. The Balaban J connectivity index is 2.34. The zero-order valence-electron chi connectivity index (χ0n) is 13.2. The maximum Gasteiger partial charge on any atom is 0.0974 e. The van der Waals surface area contributed by atoms with E-state index in [9.17, 15) is 5.11 Å². The highest BCUT2D eigenvalue weighted by atomic mass is 16.3. The second-order valence-corrected chi connectivity index (χ2v) is 6.12. The highest BCUT2D eigenvalue weighted by Gasteiger charge is 2.35. The molecule has 0 aromatic heterocycles. The van der Waals surface area contributed by atoms with Gasteiger partial charge in [0.1, 0.15) is 0 Å². The van der Waals surface area contributed by atoms with Crippen molar-refractivity contribution in [3.05, 3.63) is 71.8 Å². The highest BCUT2D eigenvalue weighted by molar-refractivity contribution is 5.27. The van der Waals surface area contributed by atoms with E-state index in [0.29, 0.717) is 6.42 Å². The monoisotopic (exact) mass is 283 g/mol. The summed E-state index contributed by atoms with van der Waals surface area (Å²) in [5.41, 5.74) is 1.30. The number of hydrogen-bond acceptors (Lipinski definition) is 2. The summed E-state index contributed by atoms with van der Waals surface area (Å²) in [6, 6.07) is 20.2. The molecule has 0 aliphatic rings. The highest BCUT2D eigenvalue weighted by Crippen LogP contribution is 2.33. The van der Waals surface area contributed by atoms with Gasteiger partial charge in [-0.3, -0.25) is 0 Å². The number of aliphatic hydroxyl groups is 1. The summed E-state index contributed by atoms with van der Waals surface area (Å²) in [5, 5.41) is 11.4. The maximum atomic E-state index is 11.4. The number of benzene rings is 2. The normalized spacial score (nSPS) is 15.7. The van der Waals surface area contributed by atoms with Crippen molar-refractivity contribution in [3.63, 3.8) is 0 Å². The van der Waals surface area contributed by atoms with Crippen LogP contribution in [0.4, 0.5) is 0 Å². The van der Waals surface area contributed by atoms with E-state index in [2.05, 4.69) is 24.0 Å². The Morgan fingerprint density at radius 1 is 0.952 bits per heavy atom. The molecule has 1 N–H and O–H groups in total. The molecule has 0 heterocycles. The maximum absolute atomic E-state index is 11.4. The van der Waals surface area contributed by atoms with E-state index in [-0.39, 0.29) is 5.92 Å². The van der Waals surface area contributed by atoms with Crippen LogP contribution >= 0.6 is 0 Å². The molecule has 112 valence electrons. The number of nitrogens with zero attached hydrogens (tertiary/aromatic N) is 1. The molecule has 0 aliphatic carbocycles. The molecule has 2 heteroatoms. The van der Waals surface area contributed by atoms with E-state index >= 15 is 0 Å². The van der Waals surface area contributed by atoms with E-state index in [1.54, 1.807) is 0 Å². The lowest BCUT2D eigenvalue weighted by Gasteiger charge is -2.36. The number of rotatable bonds is 6. The third kappa shape index (κ3) is 3.93. The fraction of sp³-hybridized carbons (Fsp3) is 0.368. The van der Waals surface area contributed by atoms with Crippen LogP contribution in [0.3, 0.4) is 0 Å². The fourth-order valence-corrected chi connectivity index (χ4v) is 2.89. The Bertz CT molecular complexity index is 538. The molecule has 0 saturated heterocycles. The van der Waals surface area contributed by atoms with Gasteiger partial charge in [0.15, 0.2) is 0 Å². The van der Waals surface area contributed by atoms with Crippen LogP contribution < -0.4 is 0 Å². The van der Waals surface area contributed by atoms with E-state index < -0.39 is 5.60 Å². The van der Waals surface area contributed by atoms with Crippen molar-refractivity contribution in [1.29, 1.82) is 0 Å². The van der Waals surface area contributed by atoms with Crippen LogP contribution in [0, 0.1) is 5.92 Å². The van der Waals surface area contributed by atoms with Crippen molar-refractivity contribution in [3.8, 4) is 0 Å². The Kier molecular flexibility index (Phi) is 5.16. The average Bonchev–Trinajstić information content (AvgIpc) is 2.48. The average molecular weight is 283 g/mol. The molecular formula is C19H25NO. The van der Waals surface area contributed by atoms with Gasteiger partial charge < -0.3 is 10.0 Å². The van der Waals surface area contributed by atoms with E-state index in [1.807, 2.05) is 62.6 Å². The molecular weight excluding hydrogens is 258 g/mol. The zero-order valence-corrected chi connectivity index (χ0v) is 13.2. The first-order chi connectivity index (χ1) is 10.0. The van der Waals surface area contributed by atoms with Crippen molar-refractivity contribution >= 4 is 0 Å². The predicted molar refractivity (Wildman–Crippen MR) is 88.2 cm³/mol. The Morgan fingerprint density at radius 2 is 1.48 bits per heavy atom. The molecule has 21 heavy (non-hydrogen) atoms. The minimum absolute atomic E-state index is 0.134. The minimum atomic E-state index is -0.854. The van der Waals surface area contributed by atoms with Crippen LogP contribution in [-0.2, 0) is 12.0 Å². The van der Waals surface area contributed by atoms with Crippen LogP contribution in [0.5, 0.6) is 0 Å². The topological polar surface area (TPSA) is 23.5 Å². The summed E-state index contributed by atoms with van der Waals surface area (Å²) in [6.45, 7) is 2.97. The molecule has 0 saturated carbocycles. The van der Waals surface area contributed by atoms with Crippen LogP contribution in [-0.4, -0.2) is 30.6 Å². The van der Waals surface area contributed by atoms with Crippen molar-refractivity contribution in [2.24, 2.45) is 5.92 Å². The fourth-order valence-electron chi connectivity index (χ4n) is 2.89. The zero-order chi connectivity index (χ0) is 15.3. The Hall–Kier alpha value is -1.64. The van der Waals surface area contributed by atoms with Crippen molar-refractivity contribution in [1.82, 2.24) is 4.90 Å². The molecule has 1 unspecified atom stereocenters. The summed E-state index contributed by atoms with van der Waals surface area (Å²) in [5.74, 6) is 0.134. The molecule has 2 aromatic carbocycles. The third-order valence-corrected chi connectivity index (χ3v) is 4.04. The smallest absolute Gasteiger partial charge is 0.0974 e. The van der Waals surface area contributed by atoms with Gasteiger partial charge in [-0.1, -0.05) is 67.6 Å². The van der Waals surface area contributed by atoms with Crippen LogP contribution in [0.1, 0.15) is 18.1 Å². The molecule has 2 nitrogen and oxygen atoms in total. The first-order valence-corrected chi connectivity index (χ1v) is 7.49. The second-order valence-electron chi connectivity index (χ2n) is 6.12. The van der Waals surface area contributed by atoms with Gasteiger partial charge in [-0.15, -0.1) is 0 Å². The van der Waals surface area contributed by atoms with E-state index in [4.69, 9.17) is 0 Å². The molecule has 0 radical (unpaired) electrons. The van der Waals surface area contributed by atoms with Gasteiger partial charge >= 0.3 is 0 Å². The van der Waals surface area contributed by atoms with Crippen molar-refractivity contribution in [2.75, 3.05) is 20.6 Å². The Labute approximate surface area is 128 Å². The van der Waals surface area contributed by atoms with Gasteiger partial charge in [0, 0.05) is 18.9 Å². The largest absolute Gasteiger partial charge is 0.384 e. The molecule has 0 fully saturated rings. The van der Waals surface area contributed by atoms with Crippen molar-refractivity contribution in [2.45, 2.75) is 18.9 Å². The molecule has 2 rings (SSSR count). The van der Waals surface area contributed by atoms with Crippen molar-refractivity contribution < 1.29 is 5.11 Å². The standard InChI is InChI=1S/C19H25NO/c1-16(15-20(2)3)19(21,18-12-8-5-9-13-18)14-17-10-6-4-7-11-17/h4-13,16,21H,14-15H2,1-3H3/t16?,19-/m1/s1. The lowest BCUT2D eigenvalue weighted by atomic mass is 9.77. The molecule has 2 atom stereocenters. The summed E-state index contributed by atoms with van der Waals surface area (Å²) in [6.07, 6.45) is 0.632. The summed E-state index contributed by atoms with van der Waals surface area (Å²) in [7, 11) is 4.09. The third-order valence-electron chi connectivity index (χ3n) is 4.04. The second kappa shape index (κ2) is 6.88. The molecule has 0 bridgehead atoms. The minimum Gasteiger partial charge on any atom is -0.384 e. The van der Waals surface area contributed by atoms with Gasteiger partial charge in [-0.2, -0.15) is 0 Å². The molecule has 0 spiro atoms. The van der Waals surface area contributed by atoms with Crippen LogP contribution in [0.25, 0.3) is 0 Å². The SMILES string of the molecule is CC(CN(C)C)[C@](O)(Cc1ccccc1)c1ccccc1. The molecule has 0 amide bonds. The summed E-state index contributed by atoms with van der Waals surface area (Å²) in [4.78, 5) is 2.13. The van der Waals surface area contributed by atoms with Gasteiger partial charge in [-0.25, -0.2) is 0 Å². The molecule has 2 aromatic rings. The van der Waals surface area contributed by atoms with Gasteiger partial charge in [0.05, 0.1) is 5.60 Å². The predicted octanol–water partition coefficient (Wildman–Crippen LogP) is 3.31. The van der Waals surface area contributed by atoms with Gasteiger partial charge in [0.2, 0.25) is 0 Å². The first kappa shape index (κ1) is 15.7. The van der Waals surface area contributed by atoms with Crippen LogP contribution in [0.2, 0.25) is 0 Å². The van der Waals surface area contributed by atoms with Gasteiger partial charge in [0.25, 0.3) is 0 Å². The lowest BCUT2D eigenvalue weighted by Crippen LogP contribution is -2.41.